The number of nitrogens with one attached hydrogen (secondary N) is 1. The lowest BCUT2D eigenvalue weighted by Gasteiger charge is -2.50. The summed E-state index contributed by atoms with van der Waals surface area (Å²) < 4.78 is 50.6. The zero-order valence-electron chi connectivity index (χ0n) is 17.9. The summed E-state index contributed by atoms with van der Waals surface area (Å²) >= 11 is 0. The summed E-state index contributed by atoms with van der Waals surface area (Å²) in [6.07, 6.45) is 2.34. The van der Waals surface area contributed by atoms with Gasteiger partial charge in [0.05, 0.1) is 24.5 Å². The number of carbonyl (C=O) groups is 1. The minimum Gasteiger partial charge on any atom is -0.386 e. The molecule has 1 spiro atoms. The van der Waals surface area contributed by atoms with Crippen LogP contribution in [-0.2, 0) is 14.8 Å². The Labute approximate surface area is 185 Å². The smallest absolute Gasteiger partial charge is 0.292 e. The van der Waals surface area contributed by atoms with Gasteiger partial charge in [0.25, 0.3) is 5.91 Å². The number of aromatic nitrogens is 1. The first-order valence-corrected chi connectivity index (χ1v) is 12.2. The van der Waals surface area contributed by atoms with Gasteiger partial charge in [-0.1, -0.05) is 17.3 Å². The molecule has 174 valence electrons. The van der Waals surface area contributed by atoms with E-state index in [1.54, 1.807) is 24.0 Å². The Hall–Kier alpha value is -2.34. The topological polar surface area (TPSA) is 122 Å². The van der Waals surface area contributed by atoms with Gasteiger partial charge in [-0.15, -0.1) is 0 Å². The largest absolute Gasteiger partial charge is 0.386 e. The lowest BCUT2D eigenvalue weighted by atomic mass is 9.78. The van der Waals surface area contributed by atoms with Crippen molar-refractivity contribution in [2.24, 2.45) is 0 Å². The van der Waals surface area contributed by atoms with Crippen LogP contribution >= 0.6 is 0 Å². The highest BCUT2D eigenvalue weighted by Gasteiger charge is 2.49. The van der Waals surface area contributed by atoms with Gasteiger partial charge in [-0.25, -0.2) is 17.5 Å². The predicted octanol–water partition coefficient (Wildman–Crippen LogP) is 1.54. The van der Waals surface area contributed by atoms with Gasteiger partial charge in [0.15, 0.2) is 0 Å². The molecule has 9 nitrogen and oxygen atoms in total. The number of sulfonamides is 1. The van der Waals surface area contributed by atoms with Crippen molar-refractivity contribution in [3.05, 3.63) is 41.9 Å². The Morgan fingerprint density at radius 1 is 1.31 bits per heavy atom. The molecule has 2 N–H and O–H groups in total. The van der Waals surface area contributed by atoms with E-state index >= 15 is 0 Å². The number of carbonyl (C=O) groups excluding carboxylic acids is 1. The highest BCUT2D eigenvalue weighted by Crippen LogP contribution is 2.39. The molecule has 2 saturated heterocycles. The molecule has 0 unspecified atom stereocenters. The predicted molar refractivity (Wildman–Crippen MR) is 113 cm³/mol. The second-order valence-corrected chi connectivity index (χ2v) is 10.6. The number of halogens is 1. The second kappa shape index (κ2) is 8.22. The number of piperidine rings is 1. The van der Waals surface area contributed by atoms with Crippen molar-refractivity contribution in [3.8, 4) is 11.3 Å². The van der Waals surface area contributed by atoms with Gasteiger partial charge < -0.3 is 19.3 Å². The Morgan fingerprint density at radius 2 is 2.03 bits per heavy atom. The molecular formula is C21H26FN3O6S. The number of rotatable bonds is 4. The fraction of sp³-hybridized carbons (Fsp3) is 0.524. The van der Waals surface area contributed by atoms with Crippen molar-refractivity contribution in [1.29, 1.82) is 0 Å². The first-order chi connectivity index (χ1) is 15.0. The van der Waals surface area contributed by atoms with Crippen LogP contribution in [0, 0.1) is 5.82 Å². The normalized spacial score (nSPS) is 25.8. The number of hydrogen-bond acceptors (Lipinski definition) is 7. The lowest BCUT2D eigenvalue weighted by molar-refractivity contribution is -0.187. The third-order valence-corrected chi connectivity index (χ3v) is 6.87. The summed E-state index contributed by atoms with van der Waals surface area (Å²) in [6.45, 7) is 2.29. The summed E-state index contributed by atoms with van der Waals surface area (Å²) in [5, 5.41) is 14.4. The van der Waals surface area contributed by atoms with Gasteiger partial charge in [-0.3, -0.25) is 4.79 Å². The Bertz CT molecular complexity index is 1110. The standard InChI is InChI=1S/C21H26FN3O6S/c1-20(27)13-30-21(12-18(20)24-32(2,28)29)6-8-25(9-7-21)19(26)17-11-16(23-31-17)14-4-3-5-15(22)10-14/h3-5,10-11,18,24,27H,6-9,12-13H2,1-2H3/t18-,20-/m0/s1. The summed E-state index contributed by atoms with van der Waals surface area (Å²) in [6, 6.07) is 6.67. The number of amides is 1. The van der Waals surface area contributed by atoms with Gasteiger partial charge in [-0.2, -0.15) is 0 Å². The van der Waals surface area contributed by atoms with Crippen molar-refractivity contribution < 1.29 is 32.0 Å². The minimum atomic E-state index is -3.51. The maximum Gasteiger partial charge on any atom is 0.292 e. The molecule has 2 aliphatic rings. The summed E-state index contributed by atoms with van der Waals surface area (Å²) in [5.74, 6) is -0.678. The van der Waals surface area contributed by atoms with Crippen LogP contribution in [0.25, 0.3) is 11.3 Å². The lowest BCUT2D eigenvalue weighted by Crippen LogP contribution is -2.64. The number of nitrogens with zero attached hydrogens (tertiary/aromatic N) is 2. The van der Waals surface area contributed by atoms with Crippen molar-refractivity contribution in [3.63, 3.8) is 0 Å². The van der Waals surface area contributed by atoms with Crippen molar-refractivity contribution >= 4 is 15.9 Å². The Balaban J connectivity index is 1.42. The number of likely N-dealkylation sites (tertiary alicyclic amines) is 1. The molecule has 4 rings (SSSR count). The molecule has 1 aromatic carbocycles. The molecule has 0 radical (unpaired) electrons. The first-order valence-electron chi connectivity index (χ1n) is 10.3. The molecule has 0 bridgehead atoms. The average Bonchev–Trinajstić information content (AvgIpc) is 3.21. The fourth-order valence-corrected chi connectivity index (χ4v) is 5.11. The van der Waals surface area contributed by atoms with Crippen molar-refractivity contribution in [1.82, 2.24) is 14.8 Å². The van der Waals surface area contributed by atoms with Crippen LogP contribution in [0.5, 0.6) is 0 Å². The summed E-state index contributed by atoms with van der Waals surface area (Å²) in [7, 11) is -3.51. The third-order valence-electron chi connectivity index (χ3n) is 6.16. The number of aliphatic hydroxyl groups is 1. The molecule has 2 fully saturated rings. The average molecular weight is 468 g/mol. The van der Waals surface area contributed by atoms with E-state index in [2.05, 4.69) is 9.88 Å². The Kier molecular flexibility index (Phi) is 5.86. The van der Waals surface area contributed by atoms with Crippen molar-refractivity contribution in [2.45, 2.75) is 43.4 Å². The van der Waals surface area contributed by atoms with Gasteiger partial charge in [-0.05, 0) is 38.3 Å². The quantitative estimate of drug-likeness (QED) is 0.700. The van der Waals surface area contributed by atoms with E-state index in [4.69, 9.17) is 9.26 Å². The zero-order chi connectivity index (χ0) is 23.1. The van der Waals surface area contributed by atoms with Crippen LogP contribution in [0.1, 0.15) is 36.7 Å². The van der Waals surface area contributed by atoms with Crippen molar-refractivity contribution in [2.75, 3.05) is 26.0 Å². The molecule has 3 heterocycles. The van der Waals surface area contributed by atoms with Gasteiger partial charge in [0, 0.05) is 24.7 Å². The van der Waals surface area contributed by atoms with Crippen LogP contribution in [-0.4, -0.2) is 72.7 Å². The van der Waals surface area contributed by atoms with E-state index in [1.165, 1.54) is 18.2 Å². The fourth-order valence-electron chi connectivity index (χ4n) is 4.26. The molecule has 1 aromatic heterocycles. The van der Waals surface area contributed by atoms with Crippen LogP contribution in [0.4, 0.5) is 4.39 Å². The highest BCUT2D eigenvalue weighted by molar-refractivity contribution is 7.88. The van der Waals surface area contributed by atoms with Crippen LogP contribution in [0.15, 0.2) is 34.9 Å². The maximum atomic E-state index is 13.5. The molecular weight excluding hydrogens is 441 g/mol. The van der Waals surface area contributed by atoms with E-state index in [0.717, 1.165) is 6.26 Å². The summed E-state index contributed by atoms with van der Waals surface area (Å²) in [5.41, 5.74) is -1.07. The molecule has 0 saturated carbocycles. The molecule has 0 aliphatic carbocycles. The van der Waals surface area contributed by atoms with E-state index in [1.807, 2.05) is 0 Å². The minimum absolute atomic E-state index is 0.00671. The SMILES string of the molecule is C[C@]1(O)COC2(CCN(C(=O)c3cc(-c4cccc(F)c4)no3)CC2)C[C@@H]1NS(C)(=O)=O. The second-order valence-electron chi connectivity index (χ2n) is 8.85. The van der Waals surface area contributed by atoms with Gasteiger partial charge in [0.2, 0.25) is 15.8 Å². The highest BCUT2D eigenvalue weighted by atomic mass is 32.2. The first kappa shape index (κ1) is 22.8. The molecule has 2 aliphatic heterocycles. The van der Waals surface area contributed by atoms with Gasteiger partial charge >= 0.3 is 0 Å². The molecule has 11 heteroatoms. The number of hydrogen-bond donors (Lipinski definition) is 2. The third kappa shape index (κ3) is 4.85. The van der Waals surface area contributed by atoms with E-state index in [-0.39, 0.29) is 18.3 Å². The van der Waals surface area contributed by atoms with Crippen LogP contribution in [0.3, 0.4) is 0 Å². The molecule has 32 heavy (non-hydrogen) atoms. The molecule has 2 atom stereocenters. The molecule has 2 aromatic rings. The summed E-state index contributed by atoms with van der Waals surface area (Å²) in [4.78, 5) is 14.5. The van der Waals surface area contributed by atoms with E-state index < -0.39 is 33.1 Å². The van der Waals surface area contributed by atoms with Crippen LogP contribution < -0.4 is 4.72 Å². The molecule has 1 amide bonds. The van der Waals surface area contributed by atoms with Crippen LogP contribution in [0.2, 0.25) is 0 Å². The maximum absolute atomic E-state index is 13.5. The number of benzene rings is 1. The monoisotopic (exact) mass is 467 g/mol. The van der Waals surface area contributed by atoms with E-state index in [0.29, 0.717) is 43.6 Å². The van der Waals surface area contributed by atoms with Gasteiger partial charge in [0.1, 0.15) is 17.1 Å². The Morgan fingerprint density at radius 3 is 2.69 bits per heavy atom. The number of ether oxygens (including phenoxy) is 1. The van der Waals surface area contributed by atoms with E-state index in [9.17, 15) is 22.7 Å². The zero-order valence-corrected chi connectivity index (χ0v) is 18.7.